The van der Waals surface area contributed by atoms with E-state index in [4.69, 9.17) is 4.74 Å². The molecule has 8 nitrogen and oxygen atoms in total. The second-order valence-electron chi connectivity index (χ2n) is 5.75. The molecule has 26 heavy (non-hydrogen) atoms. The molecule has 0 bridgehead atoms. The summed E-state index contributed by atoms with van der Waals surface area (Å²) in [6, 6.07) is 12.5. The van der Waals surface area contributed by atoms with Gasteiger partial charge in [0.05, 0.1) is 10.5 Å². The Morgan fingerprint density at radius 3 is 2.31 bits per heavy atom. The number of hydrogen-bond donors (Lipinski definition) is 1. The molecule has 1 amide bonds. The molecular formula is C18H19N3O5. The van der Waals surface area contributed by atoms with Crippen molar-refractivity contribution in [3.05, 3.63) is 64.2 Å². The van der Waals surface area contributed by atoms with Gasteiger partial charge < -0.3 is 15.0 Å². The Balaban J connectivity index is 2.02. The summed E-state index contributed by atoms with van der Waals surface area (Å²) >= 11 is 0. The van der Waals surface area contributed by atoms with Gasteiger partial charge in [-0.25, -0.2) is 4.79 Å². The third kappa shape index (κ3) is 4.56. The molecule has 0 aliphatic rings. The molecule has 0 radical (unpaired) electrons. The first kappa shape index (κ1) is 18.9. The molecule has 0 aliphatic heterocycles. The Hall–Kier alpha value is -3.42. The minimum absolute atomic E-state index is 0.0423. The lowest BCUT2D eigenvalue weighted by atomic mass is 10.2. The van der Waals surface area contributed by atoms with Gasteiger partial charge in [0.1, 0.15) is 5.69 Å². The lowest BCUT2D eigenvalue weighted by Crippen LogP contribution is -2.30. The second kappa shape index (κ2) is 8.11. The molecular weight excluding hydrogens is 338 g/mol. The predicted molar refractivity (Wildman–Crippen MR) is 97.4 cm³/mol. The van der Waals surface area contributed by atoms with Crippen molar-refractivity contribution < 1.29 is 19.2 Å². The number of nitro benzene ring substituents is 1. The molecule has 136 valence electrons. The third-order valence-electron chi connectivity index (χ3n) is 3.63. The number of carbonyl (C=O) groups excluding carboxylic acids is 2. The Morgan fingerprint density at radius 2 is 1.73 bits per heavy atom. The van der Waals surface area contributed by atoms with Crippen LogP contribution in [0.5, 0.6) is 0 Å². The van der Waals surface area contributed by atoms with Crippen LogP contribution in [-0.2, 0) is 9.53 Å². The number of carbonyl (C=O) groups is 2. The molecule has 2 aromatic carbocycles. The topological polar surface area (TPSA) is 102 Å². The van der Waals surface area contributed by atoms with Crippen molar-refractivity contribution in [1.82, 2.24) is 0 Å². The van der Waals surface area contributed by atoms with Gasteiger partial charge in [0.25, 0.3) is 11.6 Å². The maximum atomic E-state index is 12.2. The van der Waals surface area contributed by atoms with E-state index in [1.54, 1.807) is 30.3 Å². The summed E-state index contributed by atoms with van der Waals surface area (Å²) in [4.78, 5) is 36.6. The van der Waals surface area contributed by atoms with Crippen LogP contribution in [0.25, 0.3) is 0 Å². The highest BCUT2D eigenvalue weighted by Gasteiger charge is 2.22. The van der Waals surface area contributed by atoms with Gasteiger partial charge in [-0.15, -0.1) is 0 Å². The van der Waals surface area contributed by atoms with Gasteiger partial charge in [0, 0.05) is 25.8 Å². The van der Waals surface area contributed by atoms with Crippen LogP contribution in [0.4, 0.5) is 17.1 Å². The highest BCUT2D eigenvalue weighted by atomic mass is 16.6. The number of rotatable bonds is 6. The van der Waals surface area contributed by atoms with Crippen LogP contribution >= 0.6 is 0 Å². The van der Waals surface area contributed by atoms with Gasteiger partial charge in [-0.1, -0.05) is 12.1 Å². The van der Waals surface area contributed by atoms with Crippen LogP contribution in [0.2, 0.25) is 0 Å². The first-order valence-corrected chi connectivity index (χ1v) is 7.82. The molecule has 0 aliphatic carbocycles. The molecule has 2 rings (SSSR count). The van der Waals surface area contributed by atoms with Crippen molar-refractivity contribution in [3.8, 4) is 0 Å². The normalized spacial score (nSPS) is 11.3. The van der Waals surface area contributed by atoms with E-state index in [0.29, 0.717) is 5.56 Å². The van der Waals surface area contributed by atoms with E-state index in [1.165, 1.54) is 25.1 Å². The molecule has 0 unspecified atom stereocenters. The summed E-state index contributed by atoms with van der Waals surface area (Å²) in [6.07, 6.45) is -1.11. The standard InChI is InChI=1S/C18H19N3O5/c1-12(17(22)19-15-6-4-5-7-16(15)21(24)25)26-18(23)13-8-10-14(11-9-13)20(2)3/h4-12H,1-3H3,(H,19,22)/t12-/m1/s1. The number of nitrogens with one attached hydrogen (secondary N) is 1. The van der Waals surface area contributed by atoms with Crippen LogP contribution < -0.4 is 10.2 Å². The number of para-hydroxylation sites is 2. The molecule has 2 aromatic rings. The number of benzene rings is 2. The monoisotopic (exact) mass is 357 g/mol. The average Bonchev–Trinajstić information content (AvgIpc) is 2.61. The highest BCUT2D eigenvalue weighted by Crippen LogP contribution is 2.23. The summed E-state index contributed by atoms with van der Waals surface area (Å²) in [5.41, 5.74) is 1.03. The van der Waals surface area contributed by atoms with Gasteiger partial charge >= 0.3 is 5.97 Å². The summed E-state index contributed by atoms with van der Waals surface area (Å²) < 4.78 is 5.14. The number of hydrogen-bond acceptors (Lipinski definition) is 6. The average molecular weight is 357 g/mol. The van der Waals surface area contributed by atoms with E-state index < -0.39 is 22.9 Å². The lowest BCUT2D eigenvalue weighted by Gasteiger charge is -2.15. The number of nitro groups is 1. The maximum absolute atomic E-state index is 12.2. The fraction of sp³-hybridized carbons (Fsp3) is 0.222. The summed E-state index contributed by atoms with van der Waals surface area (Å²) in [6.45, 7) is 1.40. The van der Waals surface area contributed by atoms with Crippen LogP contribution in [-0.4, -0.2) is 37.0 Å². The molecule has 8 heteroatoms. The second-order valence-corrected chi connectivity index (χ2v) is 5.75. The fourth-order valence-electron chi connectivity index (χ4n) is 2.15. The number of ether oxygens (including phenoxy) is 1. The fourth-order valence-corrected chi connectivity index (χ4v) is 2.15. The maximum Gasteiger partial charge on any atom is 0.338 e. The van der Waals surface area contributed by atoms with Crippen molar-refractivity contribution in [2.45, 2.75) is 13.0 Å². The van der Waals surface area contributed by atoms with Crippen molar-refractivity contribution in [1.29, 1.82) is 0 Å². The SMILES string of the molecule is C[C@@H](OC(=O)c1ccc(N(C)C)cc1)C(=O)Nc1ccccc1[N+](=O)[O-]. The number of amides is 1. The Morgan fingerprint density at radius 1 is 1.12 bits per heavy atom. The van der Waals surface area contributed by atoms with Gasteiger partial charge in [-0.05, 0) is 37.3 Å². The highest BCUT2D eigenvalue weighted by molar-refractivity contribution is 5.98. The van der Waals surface area contributed by atoms with E-state index in [-0.39, 0.29) is 11.4 Å². The molecule has 1 atom stereocenters. The molecule has 0 saturated heterocycles. The van der Waals surface area contributed by atoms with Crippen LogP contribution in [0.1, 0.15) is 17.3 Å². The number of anilines is 2. The number of nitrogens with zero attached hydrogens (tertiary/aromatic N) is 2. The van der Waals surface area contributed by atoms with Gasteiger partial charge in [0.15, 0.2) is 6.10 Å². The summed E-state index contributed by atoms with van der Waals surface area (Å²) in [5.74, 6) is -1.31. The van der Waals surface area contributed by atoms with E-state index in [9.17, 15) is 19.7 Å². The largest absolute Gasteiger partial charge is 0.449 e. The predicted octanol–water partition coefficient (Wildman–Crippen LogP) is 2.84. The van der Waals surface area contributed by atoms with E-state index in [0.717, 1.165) is 5.69 Å². The molecule has 1 N–H and O–H groups in total. The molecule has 0 fully saturated rings. The van der Waals surface area contributed by atoms with Crippen molar-refractivity contribution in [3.63, 3.8) is 0 Å². The number of esters is 1. The Bertz CT molecular complexity index is 818. The minimum atomic E-state index is -1.11. The van der Waals surface area contributed by atoms with E-state index in [2.05, 4.69) is 5.32 Å². The quantitative estimate of drug-likeness (QED) is 0.484. The molecule has 0 heterocycles. The zero-order valence-electron chi connectivity index (χ0n) is 14.6. The summed E-state index contributed by atoms with van der Waals surface area (Å²) in [7, 11) is 3.75. The van der Waals surface area contributed by atoms with Crippen LogP contribution in [0, 0.1) is 10.1 Å². The molecule has 0 spiro atoms. The first-order chi connectivity index (χ1) is 12.3. The first-order valence-electron chi connectivity index (χ1n) is 7.82. The van der Waals surface area contributed by atoms with Crippen molar-refractivity contribution >= 4 is 28.9 Å². The van der Waals surface area contributed by atoms with E-state index >= 15 is 0 Å². The zero-order valence-corrected chi connectivity index (χ0v) is 14.6. The van der Waals surface area contributed by atoms with Gasteiger partial charge in [0.2, 0.25) is 0 Å². The molecule has 0 aromatic heterocycles. The van der Waals surface area contributed by atoms with Crippen molar-refractivity contribution in [2.75, 3.05) is 24.3 Å². The van der Waals surface area contributed by atoms with Crippen molar-refractivity contribution in [2.24, 2.45) is 0 Å². The zero-order chi connectivity index (χ0) is 19.3. The van der Waals surface area contributed by atoms with Crippen LogP contribution in [0.3, 0.4) is 0 Å². The minimum Gasteiger partial charge on any atom is -0.449 e. The van der Waals surface area contributed by atoms with E-state index in [1.807, 2.05) is 19.0 Å². The van der Waals surface area contributed by atoms with Crippen LogP contribution in [0.15, 0.2) is 48.5 Å². The summed E-state index contributed by atoms with van der Waals surface area (Å²) in [5, 5.41) is 13.4. The third-order valence-corrected chi connectivity index (χ3v) is 3.63. The Kier molecular flexibility index (Phi) is 5.90. The lowest BCUT2D eigenvalue weighted by molar-refractivity contribution is -0.383. The van der Waals surface area contributed by atoms with Gasteiger partial charge in [-0.3, -0.25) is 14.9 Å². The Labute approximate surface area is 150 Å². The van der Waals surface area contributed by atoms with Gasteiger partial charge in [-0.2, -0.15) is 0 Å². The molecule has 0 saturated carbocycles. The smallest absolute Gasteiger partial charge is 0.338 e.